The fraction of sp³-hybridized carbons (Fsp3) is 0.700. The second-order valence-electron chi connectivity index (χ2n) is 8.23. The van der Waals surface area contributed by atoms with Crippen LogP contribution in [-0.2, 0) is 28.5 Å². The van der Waals surface area contributed by atoms with Crippen LogP contribution in [0.4, 0.5) is 0 Å². The van der Waals surface area contributed by atoms with Crippen LogP contribution < -0.4 is 0 Å². The van der Waals surface area contributed by atoms with Gasteiger partial charge in [-0.3, -0.25) is 4.79 Å². The number of fused-ring (bicyclic) bond motifs is 3. The Morgan fingerprint density at radius 2 is 2.07 bits per heavy atom. The number of hydrogen-bond donors (Lipinski definition) is 1. The Morgan fingerprint density at radius 1 is 1.41 bits per heavy atom. The molecule has 3 aliphatic rings. The number of carbonyl (C=O) groups excluding carboxylic acids is 2. The Hall–Kier alpha value is -1.70. The zero-order chi connectivity index (χ0) is 20.1. The standard InChI is InChI=1S/C20H28O7/c1-10(2)17(21)26-14-8-19(5)15(24-6)9-20(23,27-19)11(3)7-13-16(14)12(4)18(22)25-13/h7,10,13-16,23H,4,8-9H2,1-3,5-6H3/b11-7+/t13-,14-,15-,16+,19-,20-/m1/s1. The van der Waals surface area contributed by atoms with E-state index in [1.54, 1.807) is 34.0 Å². The van der Waals surface area contributed by atoms with Crippen molar-refractivity contribution in [3.05, 3.63) is 23.8 Å². The zero-order valence-electron chi connectivity index (χ0n) is 16.5. The molecule has 0 aromatic carbocycles. The van der Waals surface area contributed by atoms with Crippen LogP contribution in [0.25, 0.3) is 0 Å². The Kier molecular flexibility index (Phi) is 4.99. The quantitative estimate of drug-likeness (QED) is 0.454. The van der Waals surface area contributed by atoms with Crippen LogP contribution in [-0.4, -0.2) is 53.9 Å². The van der Waals surface area contributed by atoms with Crippen molar-refractivity contribution in [2.24, 2.45) is 11.8 Å². The number of rotatable bonds is 3. The van der Waals surface area contributed by atoms with Gasteiger partial charge in [-0.05, 0) is 25.5 Å². The van der Waals surface area contributed by atoms with E-state index in [0.29, 0.717) is 5.57 Å². The second kappa shape index (κ2) is 6.72. The van der Waals surface area contributed by atoms with Gasteiger partial charge in [0.25, 0.3) is 0 Å². The molecule has 2 fully saturated rings. The van der Waals surface area contributed by atoms with Crippen LogP contribution in [0.3, 0.4) is 0 Å². The van der Waals surface area contributed by atoms with E-state index in [-0.39, 0.29) is 30.3 Å². The van der Waals surface area contributed by atoms with Gasteiger partial charge in [0.15, 0.2) is 5.79 Å². The number of carbonyl (C=O) groups is 2. The highest BCUT2D eigenvalue weighted by Gasteiger charge is 2.58. The molecule has 3 rings (SSSR count). The maximum atomic E-state index is 12.3. The number of ether oxygens (including phenoxy) is 4. The van der Waals surface area contributed by atoms with Crippen molar-refractivity contribution in [2.45, 2.75) is 70.2 Å². The molecule has 0 amide bonds. The third-order valence-electron chi connectivity index (χ3n) is 5.87. The number of methoxy groups -OCH3 is 1. The summed E-state index contributed by atoms with van der Waals surface area (Å²) in [6, 6.07) is 0. The molecule has 0 aliphatic carbocycles. The lowest BCUT2D eigenvalue weighted by Gasteiger charge is -2.35. The van der Waals surface area contributed by atoms with Gasteiger partial charge >= 0.3 is 11.9 Å². The van der Waals surface area contributed by atoms with Crippen LogP contribution in [0.15, 0.2) is 23.8 Å². The molecule has 3 aliphatic heterocycles. The Labute approximate surface area is 159 Å². The van der Waals surface area contributed by atoms with E-state index < -0.39 is 41.6 Å². The first-order valence-corrected chi connectivity index (χ1v) is 9.25. The summed E-state index contributed by atoms with van der Waals surface area (Å²) in [4.78, 5) is 24.5. The van der Waals surface area contributed by atoms with E-state index in [4.69, 9.17) is 18.9 Å². The molecule has 0 radical (unpaired) electrons. The SMILES string of the molecule is C=C1C(=O)O[C@@H]2/C=C(\C)[C@@]3(O)C[C@@H](OC)[C@@](C)(C[C@@H](OC(=O)C(C)C)[C@@H]12)O3. The molecule has 0 unspecified atom stereocenters. The molecule has 2 bridgehead atoms. The van der Waals surface area contributed by atoms with Gasteiger partial charge in [0.05, 0.1) is 23.5 Å². The van der Waals surface area contributed by atoms with Gasteiger partial charge in [-0.2, -0.15) is 0 Å². The van der Waals surface area contributed by atoms with E-state index >= 15 is 0 Å². The van der Waals surface area contributed by atoms with E-state index in [2.05, 4.69) is 6.58 Å². The Bertz CT molecular complexity index is 696. The molecule has 2 saturated heterocycles. The number of hydrogen-bond acceptors (Lipinski definition) is 7. The predicted octanol–water partition coefficient (Wildman–Crippen LogP) is 1.88. The maximum absolute atomic E-state index is 12.3. The normalized spacial score (nSPS) is 43.3. The Morgan fingerprint density at radius 3 is 2.67 bits per heavy atom. The first kappa shape index (κ1) is 20.0. The average molecular weight is 380 g/mol. The highest BCUT2D eigenvalue weighted by Crippen LogP contribution is 2.48. The molecule has 0 saturated carbocycles. The van der Waals surface area contributed by atoms with Crippen LogP contribution in [0.1, 0.15) is 40.5 Å². The monoisotopic (exact) mass is 380 g/mol. The van der Waals surface area contributed by atoms with Gasteiger partial charge in [-0.25, -0.2) is 4.79 Å². The molecule has 0 aromatic rings. The summed E-state index contributed by atoms with van der Waals surface area (Å²) in [5.41, 5.74) is -0.129. The lowest BCUT2D eigenvalue weighted by Crippen LogP contribution is -2.45. The van der Waals surface area contributed by atoms with Crippen molar-refractivity contribution < 1.29 is 33.6 Å². The molecule has 0 spiro atoms. The van der Waals surface area contributed by atoms with Gasteiger partial charge in [0.1, 0.15) is 12.2 Å². The third kappa shape index (κ3) is 3.32. The van der Waals surface area contributed by atoms with Crippen LogP contribution in [0, 0.1) is 11.8 Å². The first-order valence-electron chi connectivity index (χ1n) is 9.25. The summed E-state index contributed by atoms with van der Waals surface area (Å²) >= 11 is 0. The minimum absolute atomic E-state index is 0.236. The third-order valence-corrected chi connectivity index (χ3v) is 5.87. The minimum atomic E-state index is -1.53. The van der Waals surface area contributed by atoms with Crippen molar-refractivity contribution in [2.75, 3.05) is 7.11 Å². The van der Waals surface area contributed by atoms with E-state index in [9.17, 15) is 14.7 Å². The molecule has 1 N–H and O–H groups in total. The minimum Gasteiger partial charge on any atom is -0.461 e. The summed E-state index contributed by atoms with van der Waals surface area (Å²) < 4.78 is 22.9. The van der Waals surface area contributed by atoms with Crippen molar-refractivity contribution in [3.8, 4) is 0 Å². The lowest BCUT2D eigenvalue weighted by atomic mass is 9.80. The number of esters is 2. The largest absolute Gasteiger partial charge is 0.461 e. The van der Waals surface area contributed by atoms with Crippen molar-refractivity contribution in [1.82, 2.24) is 0 Å². The molecule has 6 atom stereocenters. The summed E-state index contributed by atoms with van der Waals surface area (Å²) in [6.45, 7) is 10.9. The molecular weight excluding hydrogens is 352 g/mol. The smallest absolute Gasteiger partial charge is 0.334 e. The summed E-state index contributed by atoms with van der Waals surface area (Å²) in [5, 5.41) is 11.1. The van der Waals surface area contributed by atoms with Crippen molar-refractivity contribution in [1.29, 1.82) is 0 Å². The fourth-order valence-electron chi connectivity index (χ4n) is 4.19. The highest BCUT2D eigenvalue weighted by atomic mass is 16.7. The molecule has 7 nitrogen and oxygen atoms in total. The van der Waals surface area contributed by atoms with Crippen molar-refractivity contribution in [3.63, 3.8) is 0 Å². The summed E-state index contributed by atoms with van der Waals surface area (Å²) in [6.07, 6.45) is 0.362. The van der Waals surface area contributed by atoms with Crippen LogP contribution in [0.2, 0.25) is 0 Å². The van der Waals surface area contributed by atoms with Gasteiger partial charge in [0, 0.05) is 25.5 Å². The molecule has 7 heteroatoms. The molecule has 3 heterocycles. The topological polar surface area (TPSA) is 91.3 Å². The van der Waals surface area contributed by atoms with Crippen LogP contribution in [0.5, 0.6) is 0 Å². The second-order valence-corrected chi connectivity index (χ2v) is 8.23. The molecule has 27 heavy (non-hydrogen) atoms. The average Bonchev–Trinajstić information content (AvgIpc) is 3.00. The van der Waals surface area contributed by atoms with E-state index in [1.807, 2.05) is 6.92 Å². The van der Waals surface area contributed by atoms with Crippen LogP contribution >= 0.6 is 0 Å². The summed E-state index contributed by atoms with van der Waals surface area (Å²) in [5.74, 6) is -3.30. The van der Waals surface area contributed by atoms with Gasteiger partial charge in [0.2, 0.25) is 0 Å². The van der Waals surface area contributed by atoms with Crippen molar-refractivity contribution >= 4 is 11.9 Å². The zero-order valence-corrected chi connectivity index (χ0v) is 16.5. The van der Waals surface area contributed by atoms with E-state index in [1.165, 1.54) is 0 Å². The molecule has 0 aromatic heterocycles. The van der Waals surface area contributed by atoms with Gasteiger partial charge < -0.3 is 24.1 Å². The van der Waals surface area contributed by atoms with Gasteiger partial charge in [-0.1, -0.05) is 20.4 Å². The lowest BCUT2D eigenvalue weighted by molar-refractivity contribution is -0.210. The molecule has 150 valence electrons. The maximum Gasteiger partial charge on any atom is 0.334 e. The van der Waals surface area contributed by atoms with Gasteiger partial charge in [-0.15, -0.1) is 0 Å². The predicted molar refractivity (Wildman–Crippen MR) is 95.5 cm³/mol. The highest BCUT2D eigenvalue weighted by molar-refractivity contribution is 5.91. The first-order chi connectivity index (χ1) is 12.5. The molecular formula is C20H28O7. The summed E-state index contributed by atoms with van der Waals surface area (Å²) in [7, 11) is 1.56. The number of aliphatic hydroxyl groups is 1. The van der Waals surface area contributed by atoms with E-state index in [0.717, 1.165) is 0 Å². The Balaban J connectivity index is 2.08. The fourth-order valence-corrected chi connectivity index (χ4v) is 4.19.